The highest BCUT2D eigenvalue weighted by atomic mass is 35.5. The average Bonchev–Trinajstić information content (AvgIpc) is 2.74. The van der Waals surface area contributed by atoms with E-state index in [1.54, 1.807) is 17.8 Å². The summed E-state index contributed by atoms with van der Waals surface area (Å²) in [5.74, 6) is -0.511. The van der Waals surface area contributed by atoms with Gasteiger partial charge in [0, 0.05) is 12.7 Å². The Morgan fingerprint density at radius 1 is 1.65 bits per heavy atom. The van der Waals surface area contributed by atoms with Gasteiger partial charge in [0.25, 0.3) is 0 Å². The number of nitrogens with one attached hydrogen (secondary N) is 2. The molecule has 1 aromatic rings. The number of aromatic nitrogens is 2. The van der Waals surface area contributed by atoms with Crippen LogP contribution in [-0.4, -0.2) is 27.9 Å². The van der Waals surface area contributed by atoms with Crippen molar-refractivity contribution in [3.8, 4) is 0 Å². The van der Waals surface area contributed by atoms with Gasteiger partial charge in [0.1, 0.15) is 0 Å². The number of hydrazine groups is 1. The number of halogens is 1. The van der Waals surface area contributed by atoms with Gasteiger partial charge < -0.3 is 10.2 Å². The summed E-state index contributed by atoms with van der Waals surface area (Å²) in [6, 6.07) is 0. The smallest absolute Gasteiger partial charge is 0.340 e. The number of esters is 1. The summed E-state index contributed by atoms with van der Waals surface area (Å²) in [5.41, 5.74) is 5.24. The highest BCUT2D eigenvalue weighted by molar-refractivity contribution is 6.29. The predicted octanol–water partition coefficient (Wildman–Crippen LogP) is 1.34. The van der Waals surface area contributed by atoms with E-state index in [0.29, 0.717) is 6.61 Å². The van der Waals surface area contributed by atoms with E-state index in [0.717, 1.165) is 18.7 Å². The molecule has 0 saturated carbocycles. The third-order valence-electron chi connectivity index (χ3n) is 1.92. The van der Waals surface area contributed by atoms with Gasteiger partial charge in [0.15, 0.2) is 5.50 Å². The van der Waals surface area contributed by atoms with Crippen molar-refractivity contribution in [1.29, 1.82) is 0 Å². The second kappa shape index (κ2) is 7.13. The highest BCUT2D eigenvalue weighted by Crippen LogP contribution is 2.04. The molecule has 6 nitrogen and oxygen atoms in total. The Morgan fingerprint density at radius 3 is 3.06 bits per heavy atom. The molecule has 0 aliphatic heterocycles. The summed E-state index contributed by atoms with van der Waals surface area (Å²) >= 11 is 5.75. The zero-order valence-electron chi connectivity index (χ0n) is 9.94. The SMILES string of the molecule is CCCn1cc(NNC(Cl)C(=O)OCC)cn1. The van der Waals surface area contributed by atoms with E-state index < -0.39 is 11.5 Å². The molecule has 17 heavy (non-hydrogen) atoms. The van der Waals surface area contributed by atoms with Crippen LogP contribution in [0.3, 0.4) is 0 Å². The van der Waals surface area contributed by atoms with Gasteiger partial charge in [0.05, 0.1) is 18.5 Å². The van der Waals surface area contributed by atoms with E-state index in [1.165, 1.54) is 0 Å². The van der Waals surface area contributed by atoms with E-state index in [4.69, 9.17) is 16.3 Å². The Bertz CT molecular complexity index is 356. The van der Waals surface area contributed by atoms with Crippen molar-refractivity contribution in [3.63, 3.8) is 0 Å². The Labute approximate surface area is 105 Å². The van der Waals surface area contributed by atoms with E-state index in [9.17, 15) is 4.79 Å². The fraction of sp³-hybridized carbons (Fsp3) is 0.600. The standard InChI is InChI=1S/C10H17ClN4O2/c1-3-5-15-7-8(6-12-15)13-14-9(11)10(16)17-4-2/h6-7,9,13-14H,3-5H2,1-2H3. The monoisotopic (exact) mass is 260 g/mol. The molecular weight excluding hydrogens is 244 g/mol. The highest BCUT2D eigenvalue weighted by Gasteiger charge is 2.15. The van der Waals surface area contributed by atoms with Gasteiger partial charge in [-0.15, -0.1) is 0 Å². The lowest BCUT2D eigenvalue weighted by atomic mass is 10.5. The Kier molecular flexibility index (Phi) is 5.79. The van der Waals surface area contributed by atoms with Crippen molar-refractivity contribution in [3.05, 3.63) is 12.4 Å². The van der Waals surface area contributed by atoms with Gasteiger partial charge in [-0.3, -0.25) is 4.68 Å². The Morgan fingerprint density at radius 2 is 2.41 bits per heavy atom. The summed E-state index contributed by atoms with van der Waals surface area (Å²) in [7, 11) is 0. The molecular formula is C10H17ClN4O2. The normalized spacial score (nSPS) is 12.2. The molecule has 1 rings (SSSR count). The Balaban J connectivity index is 2.36. The molecule has 0 aromatic carbocycles. The topological polar surface area (TPSA) is 68.2 Å². The van der Waals surface area contributed by atoms with Gasteiger partial charge in [-0.1, -0.05) is 18.5 Å². The second-order valence-corrected chi connectivity index (χ2v) is 3.81. The van der Waals surface area contributed by atoms with Crippen molar-refractivity contribution in [2.24, 2.45) is 0 Å². The maximum absolute atomic E-state index is 11.2. The van der Waals surface area contributed by atoms with Crippen molar-refractivity contribution < 1.29 is 9.53 Å². The number of carbonyl (C=O) groups is 1. The molecule has 1 unspecified atom stereocenters. The number of carbonyl (C=O) groups excluding carboxylic acids is 1. The van der Waals surface area contributed by atoms with E-state index in [1.807, 2.05) is 6.20 Å². The molecule has 0 radical (unpaired) electrons. The number of aryl methyl sites for hydroxylation is 1. The summed E-state index contributed by atoms with van der Waals surface area (Å²) in [6.45, 7) is 4.95. The first-order valence-corrected chi connectivity index (χ1v) is 5.95. The Hall–Kier alpha value is -1.27. The van der Waals surface area contributed by atoms with Gasteiger partial charge in [-0.05, 0) is 13.3 Å². The molecule has 2 N–H and O–H groups in total. The lowest BCUT2D eigenvalue weighted by molar-refractivity contribution is -0.143. The number of hydrogen-bond acceptors (Lipinski definition) is 5. The zero-order valence-corrected chi connectivity index (χ0v) is 10.7. The van der Waals surface area contributed by atoms with Crippen LogP contribution in [0.4, 0.5) is 5.69 Å². The average molecular weight is 261 g/mol. The van der Waals surface area contributed by atoms with Crippen LogP contribution in [0.5, 0.6) is 0 Å². The van der Waals surface area contributed by atoms with Crippen LogP contribution in [-0.2, 0) is 16.1 Å². The molecule has 7 heteroatoms. The number of nitrogens with zero attached hydrogens (tertiary/aromatic N) is 2. The van der Waals surface area contributed by atoms with Crippen LogP contribution in [0.2, 0.25) is 0 Å². The molecule has 1 heterocycles. The molecule has 1 aromatic heterocycles. The fourth-order valence-electron chi connectivity index (χ4n) is 1.20. The number of rotatable bonds is 7. The lowest BCUT2D eigenvalue weighted by Gasteiger charge is -2.11. The summed E-state index contributed by atoms with van der Waals surface area (Å²) in [6.07, 6.45) is 4.48. The molecule has 1 atom stereocenters. The molecule has 0 aliphatic carbocycles. The summed E-state index contributed by atoms with van der Waals surface area (Å²) < 4.78 is 6.54. The molecule has 96 valence electrons. The van der Waals surface area contributed by atoms with Crippen LogP contribution in [0.25, 0.3) is 0 Å². The van der Waals surface area contributed by atoms with Crippen molar-refractivity contribution in [1.82, 2.24) is 15.2 Å². The summed E-state index contributed by atoms with van der Waals surface area (Å²) in [4.78, 5) is 11.2. The van der Waals surface area contributed by atoms with Crippen molar-refractivity contribution in [2.45, 2.75) is 32.3 Å². The summed E-state index contributed by atoms with van der Waals surface area (Å²) in [5, 5.41) is 4.12. The lowest BCUT2D eigenvalue weighted by Crippen LogP contribution is -2.37. The molecule has 0 spiro atoms. The van der Waals surface area contributed by atoms with Crippen LogP contribution in [0.1, 0.15) is 20.3 Å². The minimum Gasteiger partial charge on any atom is -0.464 e. The molecule has 0 fully saturated rings. The van der Waals surface area contributed by atoms with Crippen LogP contribution in [0, 0.1) is 0 Å². The minimum atomic E-state index is -0.926. The van der Waals surface area contributed by atoms with Gasteiger partial charge >= 0.3 is 5.97 Å². The first-order chi connectivity index (χ1) is 8.17. The van der Waals surface area contributed by atoms with E-state index >= 15 is 0 Å². The predicted molar refractivity (Wildman–Crippen MR) is 65.6 cm³/mol. The first-order valence-electron chi connectivity index (χ1n) is 5.52. The maximum atomic E-state index is 11.2. The van der Waals surface area contributed by atoms with E-state index in [-0.39, 0.29) is 0 Å². The van der Waals surface area contributed by atoms with Crippen molar-refractivity contribution in [2.75, 3.05) is 12.0 Å². The molecule has 0 bridgehead atoms. The third-order valence-corrected chi connectivity index (χ3v) is 2.21. The van der Waals surface area contributed by atoms with Gasteiger partial charge in [-0.2, -0.15) is 5.10 Å². The van der Waals surface area contributed by atoms with Gasteiger partial charge in [0.2, 0.25) is 0 Å². The number of hydrogen-bond donors (Lipinski definition) is 2. The number of ether oxygens (including phenoxy) is 1. The van der Waals surface area contributed by atoms with Crippen LogP contribution in [0.15, 0.2) is 12.4 Å². The molecule has 0 aliphatic rings. The number of alkyl halides is 1. The van der Waals surface area contributed by atoms with Crippen molar-refractivity contribution >= 4 is 23.3 Å². The quantitative estimate of drug-likeness (QED) is 0.335. The molecule has 0 amide bonds. The zero-order chi connectivity index (χ0) is 12.7. The third kappa shape index (κ3) is 4.62. The first kappa shape index (κ1) is 13.8. The largest absolute Gasteiger partial charge is 0.464 e. The van der Waals surface area contributed by atoms with E-state index in [2.05, 4.69) is 22.9 Å². The second-order valence-electron chi connectivity index (χ2n) is 3.38. The fourth-order valence-corrected chi connectivity index (χ4v) is 1.32. The van der Waals surface area contributed by atoms with Crippen LogP contribution < -0.4 is 10.9 Å². The maximum Gasteiger partial charge on any atom is 0.340 e. The van der Waals surface area contributed by atoms with Crippen LogP contribution >= 0.6 is 11.6 Å². The molecule has 0 saturated heterocycles. The number of anilines is 1. The minimum absolute atomic E-state index is 0.304. The van der Waals surface area contributed by atoms with Gasteiger partial charge in [-0.25, -0.2) is 10.2 Å².